The van der Waals surface area contributed by atoms with Gasteiger partial charge in [0.05, 0.1) is 15.9 Å². The summed E-state index contributed by atoms with van der Waals surface area (Å²) in [5, 5.41) is 3.48. The molecule has 0 saturated carbocycles. The SMILES string of the molecule is CCOC(=O)c1sc(NC(=O)CCc2ccc(Cl)s2)cc1C. The van der Waals surface area contributed by atoms with Crippen LogP contribution in [0.15, 0.2) is 18.2 Å². The van der Waals surface area contributed by atoms with Gasteiger partial charge in [-0.3, -0.25) is 4.79 Å². The average Bonchev–Trinajstić information content (AvgIpc) is 3.03. The molecule has 0 radical (unpaired) electrons. The van der Waals surface area contributed by atoms with Gasteiger partial charge in [0, 0.05) is 11.3 Å². The highest BCUT2D eigenvalue weighted by Gasteiger charge is 2.15. The number of thiophene rings is 2. The maximum Gasteiger partial charge on any atom is 0.348 e. The Morgan fingerprint density at radius 1 is 1.32 bits per heavy atom. The lowest BCUT2D eigenvalue weighted by Crippen LogP contribution is -2.10. The van der Waals surface area contributed by atoms with Crippen molar-refractivity contribution in [2.75, 3.05) is 11.9 Å². The molecular weight excluding hydrogens is 342 g/mol. The molecule has 0 unspecified atom stereocenters. The summed E-state index contributed by atoms with van der Waals surface area (Å²) in [6.45, 7) is 3.92. The van der Waals surface area contributed by atoms with Gasteiger partial charge < -0.3 is 10.1 Å². The summed E-state index contributed by atoms with van der Waals surface area (Å²) in [5.41, 5.74) is 0.809. The van der Waals surface area contributed by atoms with Crippen molar-refractivity contribution in [2.45, 2.75) is 26.7 Å². The van der Waals surface area contributed by atoms with E-state index >= 15 is 0 Å². The van der Waals surface area contributed by atoms with Crippen molar-refractivity contribution in [1.29, 1.82) is 0 Å². The molecule has 0 spiro atoms. The van der Waals surface area contributed by atoms with Gasteiger partial charge in [0.25, 0.3) is 0 Å². The number of hydrogen-bond donors (Lipinski definition) is 1. The van der Waals surface area contributed by atoms with E-state index in [1.807, 2.05) is 19.1 Å². The van der Waals surface area contributed by atoms with Gasteiger partial charge in [0.2, 0.25) is 5.91 Å². The lowest BCUT2D eigenvalue weighted by Gasteiger charge is -2.01. The second kappa shape index (κ2) is 7.76. The third kappa shape index (κ3) is 4.56. The number of nitrogens with one attached hydrogen (secondary N) is 1. The van der Waals surface area contributed by atoms with Crippen molar-refractivity contribution in [3.63, 3.8) is 0 Å². The number of ether oxygens (including phenoxy) is 1. The molecule has 0 saturated heterocycles. The highest BCUT2D eigenvalue weighted by atomic mass is 35.5. The Hall–Kier alpha value is -1.37. The highest BCUT2D eigenvalue weighted by Crippen LogP contribution is 2.28. The molecular formula is C15H16ClNO3S2. The van der Waals surface area contributed by atoms with Gasteiger partial charge >= 0.3 is 5.97 Å². The van der Waals surface area contributed by atoms with Gasteiger partial charge in [-0.25, -0.2) is 4.79 Å². The van der Waals surface area contributed by atoms with E-state index in [9.17, 15) is 9.59 Å². The zero-order valence-electron chi connectivity index (χ0n) is 12.3. The molecule has 118 valence electrons. The lowest BCUT2D eigenvalue weighted by molar-refractivity contribution is -0.116. The second-order valence-corrected chi connectivity index (χ2v) is 7.45. The highest BCUT2D eigenvalue weighted by molar-refractivity contribution is 7.18. The van der Waals surface area contributed by atoms with Crippen LogP contribution in [0.5, 0.6) is 0 Å². The van der Waals surface area contributed by atoms with E-state index in [1.165, 1.54) is 22.7 Å². The average molecular weight is 358 g/mol. The van der Waals surface area contributed by atoms with Gasteiger partial charge in [-0.15, -0.1) is 22.7 Å². The Labute approximate surface area is 142 Å². The molecule has 0 aromatic carbocycles. The molecule has 0 fully saturated rings. The van der Waals surface area contributed by atoms with E-state index < -0.39 is 0 Å². The normalized spacial score (nSPS) is 10.5. The maximum absolute atomic E-state index is 12.0. The molecule has 2 rings (SSSR count). The number of esters is 1. The molecule has 1 N–H and O–H groups in total. The lowest BCUT2D eigenvalue weighted by atomic mass is 10.2. The summed E-state index contributed by atoms with van der Waals surface area (Å²) in [7, 11) is 0. The number of hydrogen-bond acceptors (Lipinski definition) is 5. The third-order valence-corrected chi connectivity index (χ3v) is 5.29. The number of anilines is 1. The fourth-order valence-corrected chi connectivity index (χ4v) is 3.94. The first kappa shape index (κ1) is 17.0. The smallest absolute Gasteiger partial charge is 0.348 e. The first-order chi connectivity index (χ1) is 10.5. The Kier molecular flexibility index (Phi) is 5.99. The van der Waals surface area contributed by atoms with Crippen molar-refractivity contribution in [2.24, 2.45) is 0 Å². The summed E-state index contributed by atoms with van der Waals surface area (Å²) >= 11 is 8.57. The largest absolute Gasteiger partial charge is 0.462 e. The van der Waals surface area contributed by atoms with Crippen molar-refractivity contribution in [3.05, 3.63) is 37.9 Å². The fourth-order valence-electron chi connectivity index (χ4n) is 1.87. The second-order valence-electron chi connectivity index (χ2n) is 4.60. The first-order valence-corrected chi connectivity index (χ1v) is 8.82. The van der Waals surface area contributed by atoms with Gasteiger partial charge in [0.1, 0.15) is 4.88 Å². The van der Waals surface area contributed by atoms with Crippen molar-refractivity contribution in [1.82, 2.24) is 0 Å². The molecule has 2 aromatic rings. The third-order valence-electron chi connectivity index (χ3n) is 2.87. The van der Waals surface area contributed by atoms with Crippen LogP contribution in [0.25, 0.3) is 0 Å². The zero-order valence-corrected chi connectivity index (χ0v) is 14.7. The number of rotatable bonds is 6. The molecule has 7 heteroatoms. The van der Waals surface area contributed by atoms with Gasteiger partial charge in [0.15, 0.2) is 0 Å². The molecule has 0 atom stereocenters. The predicted octanol–water partition coefficient (Wildman–Crippen LogP) is 4.52. The molecule has 0 bridgehead atoms. The summed E-state index contributed by atoms with van der Waals surface area (Å²) in [4.78, 5) is 25.3. The topological polar surface area (TPSA) is 55.4 Å². The molecule has 0 aliphatic rings. The van der Waals surface area contributed by atoms with Crippen LogP contribution in [0.4, 0.5) is 5.00 Å². The Bertz CT molecular complexity index is 678. The quantitative estimate of drug-likeness (QED) is 0.773. The molecule has 1 amide bonds. The van der Waals surface area contributed by atoms with Gasteiger partial charge in [-0.05, 0) is 44.0 Å². The van der Waals surface area contributed by atoms with Gasteiger partial charge in [-0.1, -0.05) is 11.6 Å². The monoisotopic (exact) mass is 357 g/mol. The number of carbonyl (C=O) groups excluding carboxylic acids is 2. The number of aryl methyl sites for hydroxylation is 2. The van der Waals surface area contributed by atoms with Crippen molar-refractivity contribution < 1.29 is 14.3 Å². The Balaban J connectivity index is 1.91. The van der Waals surface area contributed by atoms with Crippen molar-refractivity contribution >= 4 is 51.2 Å². The minimum Gasteiger partial charge on any atom is -0.462 e. The van der Waals surface area contributed by atoms with Crippen LogP contribution in [0, 0.1) is 6.92 Å². The Morgan fingerprint density at radius 2 is 2.09 bits per heavy atom. The number of halogens is 1. The minimum atomic E-state index is -0.348. The van der Waals surface area contributed by atoms with E-state index in [0.29, 0.717) is 29.3 Å². The van der Waals surface area contributed by atoms with Crippen LogP contribution in [-0.2, 0) is 16.0 Å². The van der Waals surface area contributed by atoms with Crippen LogP contribution in [-0.4, -0.2) is 18.5 Å². The molecule has 0 aliphatic heterocycles. The van der Waals surface area contributed by atoms with E-state index in [0.717, 1.165) is 14.8 Å². The van der Waals surface area contributed by atoms with Crippen LogP contribution in [0.1, 0.15) is 33.5 Å². The first-order valence-electron chi connectivity index (χ1n) is 6.81. The fraction of sp³-hybridized carbons (Fsp3) is 0.333. The Morgan fingerprint density at radius 3 is 2.73 bits per heavy atom. The molecule has 22 heavy (non-hydrogen) atoms. The summed E-state index contributed by atoms with van der Waals surface area (Å²) in [5.74, 6) is -0.431. The van der Waals surface area contributed by atoms with Gasteiger partial charge in [-0.2, -0.15) is 0 Å². The standard InChI is InChI=1S/C15H16ClNO3S2/c1-3-20-15(19)14-9(2)8-13(22-14)17-12(18)7-5-10-4-6-11(16)21-10/h4,6,8H,3,5,7H2,1-2H3,(H,17,18). The minimum absolute atomic E-state index is 0.0822. The predicted molar refractivity (Wildman–Crippen MR) is 91.3 cm³/mol. The molecule has 2 aromatic heterocycles. The van der Waals surface area contributed by atoms with E-state index in [-0.39, 0.29) is 11.9 Å². The van der Waals surface area contributed by atoms with Crippen LogP contribution in [0.2, 0.25) is 4.34 Å². The zero-order chi connectivity index (χ0) is 16.1. The summed E-state index contributed by atoms with van der Waals surface area (Å²) < 4.78 is 5.71. The van der Waals surface area contributed by atoms with Crippen LogP contribution in [0.3, 0.4) is 0 Å². The van der Waals surface area contributed by atoms with Crippen LogP contribution < -0.4 is 5.32 Å². The molecule has 2 heterocycles. The van der Waals surface area contributed by atoms with E-state index in [2.05, 4.69) is 5.32 Å². The maximum atomic E-state index is 12.0. The summed E-state index contributed by atoms with van der Waals surface area (Å²) in [6, 6.07) is 5.54. The van der Waals surface area contributed by atoms with E-state index in [4.69, 9.17) is 16.3 Å². The summed E-state index contributed by atoms with van der Waals surface area (Å²) in [6.07, 6.45) is 1.03. The molecule has 4 nitrogen and oxygen atoms in total. The van der Waals surface area contributed by atoms with Crippen molar-refractivity contribution in [3.8, 4) is 0 Å². The van der Waals surface area contributed by atoms with E-state index in [1.54, 1.807) is 13.0 Å². The number of amides is 1. The number of carbonyl (C=O) groups is 2. The van der Waals surface area contributed by atoms with Crippen LogP contribution >= 0.6 is 34.3 Å². The molecule has 0 aliphatic carbocycles.